The highest BCUT2D eigenvalue weighted by atomic mass is 16.5. The van der Waals surface area contributed by atoms with E-state index in [0.29, 0.717) is 37.9 Å². The van der Waals surface area contributed by atoms with Gasteiger partial charge in [-0.2, -0.15) is 5.10 Å². The Morgan fingerprint density at radius 3 is 2.91 bits per heavy atom. The molecule has 3 heterocycles. The van der Waals surface area contributed by atoms with Gasteiger partial charge in [-0.25, -0.2) is 4.68 Å². The summed E-state index contributed by atoms with van der Waals surface area (Å²) in [6.07, 6.45) is 2.65. The SMILES string of the molecule is Cc1ccn(-c2ccc(NCCNC(=O)C3CCOC3)nn2)n1. The van der Waals surface area contributed by atoms with Crippen LogP contribution in [0.2, 0.25) is 0 Å². The first kappa shape index (κ1) is 15.4. The van der Waals surface area contributed by atoms with Crippen LogP contribution in [0, 0.1) is 12.8 Å². The topological polar surface area (TPSA) is 94.0 Å². The zero-order valence-electron chi connectivity index (χ0n) is 13.0. The summed E-state index contributed by atoms with van der Waals surface area (Å²) in [4.78, 5) is 11.8. The molecule has 1 aliphatic rings. The summed E-state index contributed by atoms with van der Waals surface area (Å²) >= 11 is 0. The van der Waals surface area contributed by atoms with Crippen molar-refractivity contribution in [1.82, 2.24) is 25.3 Å². The highest BCUT2D eigenvalue weighted by Crippen LogP contribution is 2.11. The number of aryl methyl sites for hydroxylation is 1. The molecule has 8 nitrogen and oxygen atoms in total. The second-order valence-corrected chi connectivity index (χ2v) is 5.46. The van der Waals surface area contributed by atoms with Crippen molar-refractivity contribution in [3.63, 3.8) is 0 Å². The lowest BCUT2D eigenvalue weighted by Gasteiger charge is -2.10. The van der Waals surface area contributed by atoms with Crippen molar-refractivity contribution in [2.24, 2.45) is 5.92 Å². The van der Waals surface area contributed by atoms with E-state index >= 15 is 0 Å². The van der Waals surface area contributed by atoms with E-state index < -0.39 is 0 Å². The van der Waals surface area contributed by atoms with E-state index in [1.807, 2.05) is 31.3 Å². The Hall–Kier alpha value is -2.48. The van der Waals surface area contributed by atoms with E-state index in [4.69, 9.17) is 4.74 Å². The second-order valence-electron chi connectivity index (χ2n) is 5.46. The average Bonchev–Trinajstić information content (AvgIpc) is 3.23. The highest BCUT2D eigenvalue weighted by molar-refractivity contribution is 5.79. The van der Waals surface area contributed by atoms with Gasteiger partial charge >= 0.3 is 0 Å². The maximum absolute atomic E-state index is 11.8. The summed E-state index contributed by atoms with van der Waals surface area (Å²) in [5, 5.41) is 18.5. The summed E-state index contributed by atoms with van der Waals surface area (Å²) in [6.45, 7) is 4.25. The quantitative estimate of drug-likeness (QED) is 0.755. The molecule has 0 radical (unpaired) electrons. The van der Waals surface area contributed by atoms with Crippen molar-refractivity contribution < 1.29 is 9.53 Å². The molecule has 1 saturated heterocycles. The van der Waals surface area contributed by atoms with Crippen molar-refractivity contribution in [3.8, 4) is 5.82 Å². The van der Waals surface area contributed by atoms with Gasteiger partial charge in [-0.3, -0.25) is 4.79 Å². The van der Waals surface area contributed by atoms with E-state index in [1.54, 1.807) is 4.68 Å². The van der Waals surface area contributed by atoms with E-state index in [9.17, 15) is 4.79 Å². The lowest BCUT2D eigenvalue weighted by molar-refractivity contribution is -0.124. The molecule has 0 aromatic carbocycles. The molecule has 1 unspecified atom stereocenters. The van der Waals surface area contributed by atoms with Gasteiger partial charge in [-0.15, -0.1) is 10.2 Å². The first-order chi connectivity index (χ1) is 11.2. The fraction of sp³-hybridized carbons (Fsp3) is 0.467. The van der Waals surface area contributed by atoms with E-state index in [0.717, 1.165) is 12.1 Å². The molecular weight excluding hydrogens is 296 g/mol. The Balaban J connectivity index is 1.43. The molecule has 2 aromatic rings. The Morgan fingerprint density at radius 2 is 2.26 bits per heavy atom. The summed E-state index contributed by atoms with van der Waals surface area (Å²) < 4.78 is 6.88. The van der Waals surface area contributed by atoms with Gasteiger partial charge in [0.05, 0.1) is 18.2 Å². The Morgan fingerprint density at radius 1 is 1.35 bits per heavy atom. The smallest absolute Gasteiger partial charge is 0.225 e. The number of amides is 1. The molecule has 2 N–H and O–H groups in total. The minimum absolute atomic E-state index is 0.00778. The van der Waals surface area contributed by atoms with Crippen LogP contribution < -0.4 is 10.6 Å². The summed E-state index contributed by atoms with van der Waals surface area (Å²) in [6, 6.07) is 5.59. The molecule has 8 heteroatoms. The number of rotatable bonds is 6. The van der Waals surface area contributed by atoms with Gasteiger partial charge < -0.3 is 15.4 Å². The van der Waals surface area contributed by atoms with Gasteiger partial charge in [0.15, 0.2) is 5.82 Å². The third-order valence-corrected chi connectivity index (χ3v) is 3.64. The number of ether oxygens (including phenoxy) is 1. The third-order valence-electron chi connectivity index (χ3n) is 3.64. The fourth-order valence-electron chi connectivity index (χ4n) is 2.35. The van der Waals surface area contributed by atoms with Gasteiger partial charge in [-0.1, -0.05) is 0 Å². The molecule has 3 rings (SSSR count). The minimum Gasteiger partial charge on any atom is -0.381 e. The van der Waals surface area contributed by atoms with Gasteiger partial charge in [0, 0.05) is 25.9 Å². The number of nitrogens with zero attached hydrogens (tertiary/aromatic N) is 4. The van der Waals surface area contributed by atoms with E-state index in [-0.39, 0.29) is 11.8 Å². The molecule has 0 aliphatic carbocycles. The number of carbonyl (C=O) groups excluding carboxylic acids is 1. The largest absolute Gasteiger partial charge is 0.381 e. The second kappa shape index (κ2) is 7.19. The Bertz CT molecular complexity index is 648. The normalized spacial score (nSPS) is 17.2. The van der Waals surface area contributed by atoms with Crippen molar-refractivity contribution in [1.29, 1.82) is 0 Å². The third kappa shape index (κ3) is 4.04. The number of anilines is 1. The number of hydrogen-bond donors (Lipinski definition) is 2. The molecule has 0 bridgehead atoms. The van der Waals surface area contributed by atoms with Crippen LogP contribution in [0.25, 0.3) is 5.82 Å². The molecule has 122 valence electrons. The fourth-order valence-corrected chi connectivity index (χ4v) is 2.35. The summed E-state index contributed by atoms with van der Waals surface area (Å²) in [5.74, 6) is 1.38. The zero-order valence-corrected chi connectivity index (χ0v) is 13.0. The van der Waals surface area contributed by atoms with Crippen LogP contribution in [0.5, 0.6) is 0 Å². The predicted octanol–water partition coefficient (Wildman–Crippen LogP) is 0.535. The molecule has 1 atom stereocenters. The standard InChI is InChI=1S/C15H20N6O2/c1-11-4-8-21(20-11)14-3-2-13(18-19-14)16-6-7-17-15(22)12-5-9-23-10-12/h2-4,8,12H,5-7,9-10H2,1H3,(H,16,18)(H,17,22). The monoisotopic (exact) mass is 316 g/mol. The molecule has 1 fully saturated rings. The maximum Gasteiger partial charge on any atom is 0.225 e. The summed E-state index contributed by atoms with van der Waals surface area (Å²) in [5.41, 5.74) is 0.928. The molecule has 0 spiro atoms. The predicted molar refractivity (Wildman–Crippen MR) is 84.3 cm³/mol. The van der Waals surface area contributed by atoms with Crippen LogP contribution in [0.3, 0.4) is 0 Å². The first-order valence-corrected chi connectivity index (χ1v) is 7.68. The van der Waals surface area contributed by atoms with Gasteiger partial charge in [0.25, 0.3) is 0 Å². The molecule has 0 saturated carbocycles. The molecule has 1 aliphatic heterocycles. The van der Waals surface area contributed by atoms with Crippen LogP contribution in [-0.2, 0) is 9.53 Å². The number of aromatic nitrogens is 4. The van der Waals surface area contributed by atoms with Crippen LogP contribution in [0.1, 0.15) is 12.1 Å². The molecule has 2 aromatic heterocycles. The van der Waals surface area contributed by atoms with E-state index in [2.05, 4.69) is 25.9 Å². The van der Waals surface area contributed by atoms with Crippen LogP contribution in [-0.4, -0.2) is 52.2 Å². The van der Waals surface area contributed by atoms with Gasteiger partial charge in [0.1, 0.15) is 5.82 Å². The Kier molecular flexibility index (Phi) is 4.82. The Labute approximate surface area is 134 Å². The molecular formula is C15H20N6O2. The number of hydrogen-bond acceptors (Lipinski definition) is 6. The van der Waals surface area contributed by atoms with Crippen LogP contribution in [0.15, 0.2) is 24.4 Å². The van der Waals surface area contributed by atoms with Crippen LogP contribution in [0.4, 0.5) is 5.82 Å². The van der Waals surface area contributed by atoms with Crippen molar-refractivity contribution in [2.75, 3.05) is 31.6 Å². The lowest BCUT2D eigenvalue weighted by Crippen LogP contribution is -2.34. The van der Waals surface area contributed by atoms with Crippen molar-refractivity contribution >= 4 is 11.7 Å². The van der Waals surface area contributed by atoms with Crippen LogP contribution >= 0.6 is 0 Å². The number of carbonyl (C=O) groups is 1. The average molecular weight is 316 g/mol. The number of nitrogens with one attached hydrogen (secondary N) is 2. The van der Waals surface area contributed by atoms with Crippen molar-refractivity contribution in [2.45, 2.75) is 13.3 Å². The van der Waals surface area contributed by atoms with E-state index in [1.165, 1.54) is 0 Å². The zero-order chi connectivity index (χ0) is 16.1. The maximum atomic E-state index is 11.8. The molecule has 23 heavy (non-hydrogen) atoms. The van der Waals surface area contributed by atoms with Gasteiger partial charge in [0.2, 0.25) is 5.91 Å². The summed E-state index contributed by atoms with van der Waals surface area (Å²) in [7, 11) is 0. The lowest BCUT2D eigenvalue weighted by atomic mass is 10.1. The minimum atomic E-state index is -0.00778. The highest BCUT2D eigenvalue weighted by Gasteiger charge is 2.22. The van der Waals surface area contributed by atoms with Gasteiger partial charge in [-0.05, 0) is 31.5 Å². The van der Waals surface area contributed by atoms with Crippen molar-refractivity contribution in [3.05, 3.63) is 30.1 Å². The molecule has 1 amide bonds. The first-order valence-electron chi connectivity index (χ1n) is 7.68.